The van der Waals surface area contributed by atoms with Crippen molar-refractivity contribution in [1.82, 2.24) is 0 Å². The maximum atomic E-state index is 10.5. The van der Waals surface area contributed by atoms with E-state index < -0.39 is 6.10 Å². The molecule has 0 heterocycles. The molecule has 0 spiro atoms. The van der Waals surface area contributed by atoms with E-state index in [9.17, 15) is 10.2 Å². The SMILES string of the molecule is C=C(COCc1ccccc1)C(=CCO)C(O)c1ccccc1. The van der Waals surface area contributed by atoms with Gasteiger partial charge in [-0.05, 0) is 22.3 Å². The summed E-state index contributed by atoms with van der Waals surface area (Å²) < 4.78 is 5.66. The van der Waals surface area contributed by atoms with Gasteiger partial charge in [0.05, 0.1) is 19.8 Å². The third kappa shape index (κ3) is 5.18. The molecule has 0 aliphatic carbocycles. The molecule has 1 atom stereocenters. The molecule has 0 aliphatic rings. The smallest absolute Gasteiger partial charge is 0.104 e. The highest BCUT2D eigenvalue weighted by Gasteiger charge is 2.15. The summed E-state index contributed by atoms with van der Waals surface area (Å²) in [6.45, 7) is 4.61. The van der Waals surface area contributed by atoms with E-state index in [1.54, 1.807) is 6.08 Å². The number of benzene rings is 2. The van der Waals surface area contributed by atoms with Gasteiger partial charge >= 0.3 is 0 Å². The molecule has 0 bridgehead atoms. The molecule has 1 unspecified atom stereocenters. The van der Waals surface area contributed by atoms with Crippen LogP contribution in [0.25, 0.3) is 0 Å². The number of aliphatic hydroxyl groups is 2. The second kappa shape index (κ2) is 9.06. The van der Waals surface area contributed by atoms with Crippen molar-refractivity contribution in [3.05, 3.63) is 95.6 Å². The molecule has 120 valence electrons. The minimum Gasteiger partial charge on any atom is -0.392 e. The van der Waals surface area contributed by atoms with E-state index in [1.807, 2.05) is 60.7 Å². The van der Waals surface area contributed by atoms with Crippen LogP contribution in [0.2, 0.25) is 0 Å². The predicted octanol–water partition coefficient (Wildman–Crippen LogP) is 3.41. The van der Waals surface area contributed by atoms with Gasteiger partial charge in [0.15, 0.2) is 0 Å². The van der Waals surface area contributed by atoms with Gasteiger partial charge in [0.1, 0.15) is 6.10 Å². The molecule has 23 heavy (non-hydrogen) atoms. The Morgan fingerprint density at radius 3 is 2.26 bits per heavy atom. The maximum Gasteiger partial charge on any atom is 0.104 e. The molecule has 0 saturated heterocycles. The van der Waals surface area contributed by atoms with Crippen molar-refractivity contribution in [1.29, 1.82) is 0 Å². The monoisotopic (exact) mass is 310 g/mol. The van der Waals surface area contributed by atoms with Gasteiger partial charge < -0.3 is 14.9 Å². The average molecular weight is 310 g/mol. The Morgan fingerprint density at radius 2 is 1.65 bits per heavy atom. The number of ether oxygens (including phenoxy) is 1. The molecule has 2 N–H and O–H groups in total. The summed E-state index contributed by atoms with van der Waals surface area (Å²) in [5, 5.41) is 19.7. The number of rotatable bonds is 8. The maximum absolute atomic E-state index is 10.5. The van der Waals surface area contributed by atoms with Crippen molar-refractivity contribution in [2.75, 3.05) is 13.2 Å². The Morgan fingerprint density at radius 1 is 1.04 bits per heavy atom. The molecule has 2 rings (SSSR count). The first kappa shape index (κ1) is 17.2. The largest absolute Gasteiger partial charge is 0.392 e. The second-order valence-electron chi connectivity index (χ2n) is 5.24. The molecule has 2 aromatic carbocycles. The van der Waals surface area contributed by atoms with Gasteiger partial charge in [-0.3, -0.25) is 0 Å². The van der Waals surface area contributed by atoms with Gasteiger partial charge in [-0.15, -0.1) is 0 Å². The van der Waals surface area contributed by atoms with E-state index in [2.05, 4.69) is 6.58 Å². The highest BCUT2D eigenvalue weighted by Crippen LogP contribution is 2.26. The highest BCUT2D eigenvalue weighted by atomic mass is 16.5. The second-order valence-corrected chi connectivity index (χ2v) is 5.24. The molecule has 0 amide bonds. The molecule has 3 heteroatoms. The van der Waals surface area contributed by atoms with Gasteiger partial charge in [0.25, 0.3) is 0 Å². The van der Waals surface area contributed by atoms with Crippen LogP contribution in [0.15, 0.2) is 84.5 Å². The molecule has 3 nitrogen and oxygen atoms in total. The summed E-state index contributed by atoms with van der Waals surface area (Å²) in [4.78, 5) is 0. The van der Waals surface area contributed by atoms with E-state index >= 15 is 0 Å². The first-order chi connectivity index (χ1) is 11.2. The third-order valence-electron chi connectivity index (χ3n) is 3.52. The van der Waals surface area contributed by atoms with Crippen LogP contribution in [-0.4, -0.2) is 23.4 Å². The number of aliphatic hydroxyl groups excluding tert-OH is 2. The van der Waals surface area contributed by atoms with Gasteiger partial charge in [0, 0.05) is 0 Å². The van der Waals surface area contributed by atoms with E-state index in [0.29, 0.717) is 24.4 Å². The van der Waals surface area contributed by atoms with Crippen LogP contribution in [0.1, 0.15) is 17.2 Å². The van der Waals surface area contributed by atoms with Gasteiger partial charge in [-0.25, -0.2) is 0 Å². The fraction of sp³-hybridized carbons (Fsp3) is 0.200. The molecular weight excluding hydrogens is 288 g/mol. The predicted molar refractivity (Wildman–Crippen MR) is 91.8 cm³/mol. The Balaban J connectivity index is 1.97. The van der Waals surface area contributed by atoms with Crippen molar-refractivity contribution in [2.24, 2.45) is 0 Å². The number of hydrogen-bond donors (Lipinski definition) is 2. The van der Waals surface area contributed by atoms with Gasteiger partial charge in [-0.1, -0.05) is 73.3 Å². The number of hydrogen-bond acceptors (Lipinski definition) is 3. The Hall–Kier alpha value is -2.20. The van der Waals surface area contributed by atoms with Crippen molar-refractivity contribution >= 4 is 0 Å². The van der Waals surface area contributed by atoms with E-state index in [1.165, 1.54) is 0 Å². The summed E-state index contributed by atoms with van der Waals surface area (Å²) in [5.41, 5.74) is 3.09. The Kier molecular flexibility index (Phi) is 6.76. The fourth-order valence-electron chi connectivity index (χ4n) is 2.31. The lowest BCUT2D eigenvalue weighted by molar-refractivity contribution is 0.139. The van der Waals surface area contributed by atoms with Crippen LogP contribution >= 0.6 is 0 Å². The quantitative estimate of drug-likeness (QED) is 0.735. The Labute approximate surface area is 137 Å². The normalized spacial score (nSPS) is 12.9. The zero-order chi connectivity index (χ0) is 16.5. The van der Waals surface area contributed by atoms with Crippen LogP contribution in [0.4, 0.5) is 0 Å². The molecule has 0 radical (unpaired) electrons. The van der Waals surface area contributed by atoms with Crippen molar-refractivity contribution in [3.63, 3.8) is 0 Å². The molecule has 0 aliphatic heterocycles. The van der Waals surface area contributed by atoms with Crippen LogP contribution < -0.4 is 0 Å². The minimum atomic E-state index is -0.823. The summed E-state index contributed by atoms with van der Waals surface area (Å²) in [7, 11) is 0. The van der Waals surface area contributed by atoms with Crippen molar-refractivity contribution in [2.45, 2.75) is 12.7 Å². The van der Waals surface area contributed by atoms with Gasteiger partial charge in [-0.2, -0.15) is 0 Å². The highest BCUT2D eigenvalue weighted by molar-refractivity contribution is 5.38. The third-order valence-corrected chi connectivity index (χ3v) is 3.52. The fourth-order valence-corrected chi connectivity index (χ4v) is 2.31. The zero-order valence-corrected chi connectivity index (χ0v) is 13.1. The van der Waals surface area contributed by atoms with E-state index in [-0.39, 0.29) is 6.61 Å². The first-order valence-electron chi connectivity index (χ1n) is 7.56. The molecule has 0 saturated carbocycles. The summed E-state index contributed by atoms with van der Waals surface area (Å²) in [6.07, 6.45) is 0.752. The topological polar surface area (TPSA) is 49.7 Å². The van der Waals surface area contributed by atoms with Crippen molar-refractivity contribution < 1.29 is 14.9 Å². The summed E-state index contributed by atoms with van der Waals surface area (Å²) in [5.74, 6) is 0. The molecular formula is C20H22O3. The standard InChI is InChI=1S/C20H22O3/c1-16(14-23-15-17-8-4-2-5-9-17)19(12-13-21)20(22)18-10-6-3-7-11-18/h2-12,20-22H,1,13-15H2. The first-order valence-corrected chi connectivity index (χ1v) is 7.56. The molecule has 0 aromatic heterocycles. The minimum absolute atomic E-state index is 0.156. The average Bonchev–Trinajstić information content (AvgIpc) is 2.60. The van der Waals surface area contributed by atoms with E-state index in [0.717, 1.165) is 11.1 Å². The van der Waals surface area contributed by atoms with Crippen LogP contribution in [0, 0.1) is 0 Å². The lowest BCUT2D eigenvalue weighted by Gasteiger charge is -2.18. The van der Waals surface area contributed by atoms with Crippen LogP contribution in [0.3, 0.4) is 0 Å². The van der Waals surface area contributed by atoms with Crippen LogP contribution in [-0.2, 0) is 11.3 Å². The lowest BCUT2D eigenvalue weighted by Crippen LogP contribution is -2.09. The van der Waals surface area contributed by atoms with Crippen molar-refractivity contribution in [3.8, 4) is 0 Å². The van der Waals surface area contributed by atoms with E-state index in [4.69, 9.17) is 4.74 Å². The summed E-state index contributed by atoms with van der Waals surface area (Å²) in [6, 6.07) is 19.2. The van der Waals surface area contributed by atoms with Gasteiger partial charge in [0.2, 0.25) is 0 Å². The summed E-state index contributed by atoms with van der Waals surface area (Å²) >= 11 is 0. The zero-order valence-electron chi connectivity index (χ0n) is 13.1. The molecule has 2 aromatic rings. The van der Waals surface area contributed by atoms with Crippen LogP contribution in [0.5, 0.6) is 0 Å². The lowest BCUT2D eigenvalue weighted by atomic mass is 9.96. The Bertz CT molecular complexity index is 632. The molecule has 0 fully saturated rings.